The summed E-state index contributed by atoms with van der Waals surface area (Å²) in [6, 6.07) is 5.54. The highest BCUT2D eigenvalue weighted by molar-refractivity contribution is 9.10. The van der Waals surface area contributed by atoms with Crippen molar-refractivity contribution in [3.63, 3.8) is 0 Å². The summed E-state index contributed by atoms with van der Waals surface area (Å²) >= 11 is 3.42. The quantitative estimate of drug-likeness (QED) is 0.932. The lowest BCUT2D eigenvalue weighted by Crippen LogP contribution is -1.95. The number of ether oxygens (including phenoxy) is 1. The molecule has 2 N–H and O–H groups in total. The van der Waals surface area contributed by atoms with E-state index in [9.17, 15) is 0 Å². The first-order valence-corrected chi connectivity index (χ1v) is 5.40. The molecule has 2 rings (SSSR count). The van der Waals surface area contributed by atoms with Crippen LogP contribution in [0.3, 0.4) is 0 Å². The van der Waals surface area contributed by atoms with Crippen LogP contribution in [0.25, 0.3) is 11.4 Å². The number of rotatable bonds is 3. The van der Waals surface area contributed by atoms with Gasteiger partial charge in [0.05, 0.1) is 13.7 Å². The molecule has 1 aromatic heterocycles. The first-order chi connectivity index (χ1) is 7.74. The molecule has 0 aliphatic heterocycles. The van der Waals surface area contributed by atoms with Crippen LogP contribution in [0, 0.1) is 0 Å². The smallest absolute Gasteiger partial charge is 0.240 e. The maximum absolute atomic E-state index is 5.40. The molecule has 0 bridgehead atoms. The minimum absolute atomic E-state index is 0.231. The predicted octanol–water partition coefficient (Wildman–Crippen LogP) is 1.97. The number of aromatic nitrogens is 2. The largest absolute Gasteiger partial charge is 0.497 e. The Bertz CT molecular complexity index is 499. The molecular formula is C10H10BrN3O2. The number of nitrogens with two attached hydrogens (primary N) is 1. The van der Waals surface area contributed by atoms with E-state index in [0.29, 0.717) is 11.7 Å². The minimum Gasteiger partial charge on any atom is -0.497 e. The van der Waals surface area contributed by atoms with Crippen LogP contribution in [0.1, 0.15) is 5.89 Å². The number of hydrogen-bond acceptors (Lipinski definition) is 5. The molecule has 0 fully saturated rings. The van der Waals surface area contributed by atoms with Crippen LogP contribution in [0.4, 0.5) is 0 Å². The van der Waals surface area contributed by atoms with Gasteiger partial charge in [0.15, 0.2) is 0 Å². The Kier molecular flexibility index (Phi) is 3.21. The average molecular weight is 284 g/mol. The van der Waals surface area contributed by atoms with Crippen molar-refractivity contribution in [1.29, 1.82) is 0 Å². The van der Waals surface area contributed by atoms with E-state index in [0.717, 1.165) is 15.8 Å². The Morgan fingerprint density at radius 2 is 2.31 bits per heavy atom. The molecule has 0 aliphatic rings. The number of methoxy groups -OCH3 is 1. The maximum Gasteiger partial charge on any atom is 0.240 e. The fourth-order valence-electron chi connectivity index (χ4n) is 1.25. The summed E-state index contributed by atoms with van der Waals surface area (Å²) in [5.41, 5.74) is 6.21. The highest BCUT2D eigenvalue weighted by Crippen LogP contribution is 2.29. The van der Waals surface area contributed by atoms with E-state index in [1.807, 2.05) is 18.2 Å². The Morgan fingerprint density at radius 1 is 1.50 bits per heavy atom. The minimum atomic E-state index is 0.231. The van der Waals surface area contributed by atoms with Gasteiger partial charge in [-0.3, -0.25) is 0 Å². The zero-order valence-electron chi connectivity index (χ0n) is 8.61. The van der Waals surface area contributed by atoms with Gasteiger partial charge in [-0.1, -0.05) is 21.1 Å². The van der Waals surface area contributed by atoms with Gasteiger partial charge < -0.3 is 15.0 Å². The highest BCUT2D eigenvalue weighted by Gasteiger charge is 2.11. The van der Waals surface area contributed by atoms with Gasteiger partial charge in [0.2, 0.25) is 11.7 Å². The fourth-order valence-corrected chi connectivity index (χ4v) is 1.67. The third-order valence-corrected chi connectivity index (χ3v) is 2.75. The second kappa shape index (κ2) is 4.63. The molecule has 0 radical (unpaired) electrons. The van der Waals surface area contributed by atoms with Crippen molar-refractivity contribution in [3.8, 4) is 17.1 Å². The summed E-state index contributed by atoms with van der Waals surface area (Å²) in [5.74, 6) is 1.63. The molecule has 0 amide bonds. The van der Waals surface area contributed by atoms with Crippen LogP contribution >= 0.6 is 15.9 Å². The van der Waals surface area contributed by atoms with Crippen LogP contribution in [0.2, 0.25) is 0 Å². The zero-order chi connectivity index (χ0) is 11.5. The maximum atomic E-state index is 5.40. The van der Waals surface area contributed by atoms with Gasteiger partial charge in [-0.05, 0) is 18.2 Å². The number of benzene rings is 1. The molecule has 0 saturated heterocycles. The molecule has 0 saturated carbocycles. The molecule has 1 aromatic carbocycles. The standard InChI is InChI=1S/C10H10BrN3O2/c1-15-6-2-3-8(11)7(4-6)10-13-9(5-12)16-14-10/h2-4H,5,12H2,1H3. The predicted molar refractivity (Wildman–Crippen MR) is 61.9 cm³/mol. The highest BCUT2D eigenvalue weighted by atomic mass is 79.9. The molecular weight excluding hydrogens is 274 g/mol. The third kappa shape index (κ3) is 2.07. The Balaban J connectivity index is 2.45. The molecule has 0 spiro atoms. The van der Waals surface area contributed by atoms with Gasteiger partial charge in [-0.15, -0.1) is 0 Å². The van der Waals surface area contributed by atoms with Crippen LogP contribution in [-0.4, -0.2) is 17.3 Å². The van der Waals surface area contributed by atoms with Crippen molar-refractivity contribution < 1.29 is 9.26 Å². The third-order valence-electron chi connectivity index (χ3n) is 2.06. The van der Waals surface area contributed by atoms with Crippen molar-refractivity contribution in [2.45, 2.75) is 6.54 Å². The second-order valence-electron chi connectivity index (χ2n) is 3.06. The Hall–Kier alpha value is -1.40. The first kappa shape index (κ1) is 11.1. The number of halogens is 1. The van der Waals surface area contributed by atoms with Crippen LogP contribution in [0.15, 0.2) is 27.2 Å². The van der Waals surface area contributed by atoms with Crippen molar-refractivity contribution in [2.24, 2.45) is 5.73 Å². The summed E-state index contributed by atoms with van der Waals surface area (Å²) in [4.78, 5) is 4.15. The lowest BCUT2D eigenvalue weighted by atomic mass is 10.2. The summed E-state index contributed by atoms with van der Waals surface area (Å²) in [6.45, 7) is 0.231. The van der Waals surface area contributed by atoms with E-state index in [1.165, 1.54) is 0 Å². The molecule has 0 atom stereocenters. The van der Waals surface area contributed by atoms with Crippen molar-refractivity contribution in [3.05, 3.63) is 28.6 Å². The summed E-state index contributed by atoms with van der Waals surface area (Å²) in [6.07, 6.45) is 0. The normalized spacial score (nSPS) is 10.4. The monoisotopic (exact) mass is 283 g/mol. The Labute approximate surface area is 101 Å². The van der Waals surface area contributed by atoms with Gasteiger partial charge in [0.25, 0.3) is 0 Å². The van der Waals surface area contributed by atoms with E-state index in [4.69, 9.17) is 15.0 Å². The lowest BCUT2D eigenvalue weighted by molar-refractivity contribution is 0.380. The number of hydrogen-bond donors (Lipinski definition) is 1. The average Bonchev–Trinajstić information content (AvgIpc) is 2.78. The Morgan fingerprint density at radius 3 is 2.94 bits per heavy atom. The molecule has 0 unspecified atom stereocenters. The first-order valence-electron chi connectivity index (χ1n) is 4.61. The lowest BCUT2D eigenvalue weighted by Gasteiger charge is -2.03. The summed E-state index contributed by atoms with van der Waals surface area (Å²) in [7, 11) is 1.61. The SMILES string of the molecule is COc1ccc(Br)c(-c2noc(CN)n2)c1. The van der Waals surface area contributed by atoms with E-state index < -0.39 is 0 Å². The molecule has 16 heavy (non-hydrogen) atoms. The van der Waals surface area contributed by atoms with Gasteiger partial charge in [-0.2, -0.15) is 4.98 Å². The molecule has 5 nitrogen and oxygen atoms in total. The van der Waals surface area contributed by atoms with E-state index in [-0.39, 0.29) is 6.54 Å². The van der Waals surface area contributed by atoms with Crippen molar-refractivity contribution in [2.75, 3.05) is 7.11 Å². The summed E-state index contributed by atoms with van der Waals surface area (Å²) < 4.78 is 11.0. The van der Waals surface area contributed by atoms with E-state index in [2.05, 4.69) is 26.1 Å². The van der Waals surface area contributed by atoms with Crippen molar-refractivity contribution >= 4 is 15.9 Å². The van der Waals surface area contributed by atoms with Gasteiger partial charge in [-0.25, -0.2) is 0 Å². The molecule has 1 heterocycles. The topological polar surface area (TPSA) is 74.2 Å². The van der Waals surface area contributed by atoms with Gasteiger partial charge in [0, 0.05) is 10.0 Å². The van der Waals surface area contributed by atoms with E-state index in [1.54, 1.807) is 7.11 Å². The molecule has 6 heteroatoms. The summed E-state index contributed by atoms with van der Waals surface area (Å²) in [5, 5.41) is 3.84. The fraction of sp³-hybridized carbons (Fsp3) is 0.200. The van der Waals surface area contributed by atoms with Crippen LogP contribution in [0.5, 0.6) is 5.75 Å². The molecule has 2 aromatic rings. The number of nitrogens with zero attached hydrogens (tertiary/aromatic N) is 2. The van der Waals surface area contributed by atoms with Gasteiger partial charge in [0.1, 0.15) is 5.75 Å². The van der Waals surface area contributed by atoms with Crippen LogP contribution in [-0.2, 0) is 6.54 Å². The second-order valence-corrected chi connectivity index (χ2v) is 3.92. The van der Waals surface area contributed by atoms with E-state index >= 15 is 0 Å². The van der Waals surface area contributed by atoms with Crippen molar-refractivity contribution in [1.82, 2.24) is 10.1 Å². The molecule has 0 aliphatic carbocycles. The van der Waals surface area contributed by atoms with Gasteiger partial charge >= 0.3 is 0 Å². The molecule has 84 valence electrons. The van der Waals surface area contributed by atoms with Crippen LogP contribution < -0.4 is 10.5 Å². The zero-order valence-corrected chi connectivity index (χ0v) is 10.2.